The molecule has 1 saturated heterocycles. The Morgan fingerprint density at radius 2 is 1.70 bits per heavy atom. The van der Waals surface area contributed by atoms with Crippen molar-refractivity contribution in [2.24, 2.45) is 0 Å². The summed E-state index contributed by atoms with van der Waals surface area (Å²) in [5.74, 6) is 2.17. The molecule has 0 aromatic heterocycles. The lowest BCUT2D eigenvalue weighted by Gasteiger charge is -2.32. The highest BCUT2D eigenvalue weighted by atomic mass is 19.1. The Morgan fingerprint density at radius 3 is 2.17 bits per heavy atom. The first-order valence-electron chi connectivity index (χ1n) is 7.98. The molecule has 0 bridgehead atoms. The number of hydrogen-bond donors (Lipinski definition) is 0. The van der Waals surface area contributed by atoms with Crippen molar-refractivity contribution in [3.63, 3.8) is 0 Å². The van der Waals surface area contributed by atoms with Crippen LogP contribution in [0.3, 0.4) is 0 Å². The number of halogens is 1. The van der Waals surface area contributed by atoms with Crippen molar-refractivity contribution >= 4 is 13.2 Å². The van der Waals surface area contributed by atoms with Gasteiger partial charge in [0.15, 0.2) is 0 Å². The molecule has 1 heterocycles. The minimum atomic E-state index is -0.446. The van der Waals surface area contributed by atoms with Gasteiger partial charge in [0, 0.05) is 5.56 Å². The fourth-order valence-corrected chi connectivity index (χ4v) is 2.59. The Hall–Kier alpha value is -1.33. The largest absolute Gasteiger partial charge is 0.496 e. The summed E-state index contributed by atoms with van der Waals surface area (Å²) in [4.78, 5) is 0. The molecule has 3 nitrogen and oxygen atoms in total. The van der Waals surface area contributed by atoms with Gasteiger partial charge in [0.25, 0.3) is 0 Å². The first kappa shape index (κ1) is 18.0. The molecular formula is C18H26BFO3. The van der Waals surface area contributed by atoms with Gasteiger partial charge in [-0.1, -0.05) is 25.9 Å². The zero-order valence-corrected chi connectivity index (χ0v) is 15.1. The summed E-state index contributed by atoms with van der Waals surface area (Å²) in [5, 5.41) is 0. The van der Waals surface area contributed by atoms with Gasteiger partial charge in [0.05, 0.1) is 18.3 Å². The summed E-state index contributed by atoms with van der Waals surface area (Å²) in [5.41, 5.74) is 0.553. The fourth-order valence-electron chi connectivity index (χ4n) is 2.59. The maximum Gasteiger partial charge on any atom is 0.487 e. The molecule has 2 rings (SSSR count). The quantitative estimate of drug-likeness (QED) is 0.759. The van der Waals surface area contributed by atoms with Gasteiger partial charge in [0.2, 0.25) is 0 Å². The zero-order valence-electron chi connectivity index (χ0n) is 15.1. The molecule has 1 aromatic rings. The monoisotopic (exact) mass is 320 g/mol. The van der Waals surface area contributed by atoms with Crippen LogP contribution >= 0.6 is 0 Å². The average molecular weight is 320 g/mol. The van der Waals surface area contributed by atoms with Crippen LogP contribution in [0.25, 0.3) is 6.08 Å². The molecule has 0 amide bonds. The van der Waals surface area contributed by atoms with E-state index in [1.54, 1.807) is 19.2 Å². The summed E-state index contributed by atoms with van der Waals surface area (Å²) in [6.07, 6.45) is 1.80. The third kappa shape index (κ3) is 3.61. The second kappa shape index (κ2) is 6.29. The summed E-state index contributed by atoms with van der Waals surface area (Å²) in [7, 11) is 1.11. The Bertz CT molecular complexity index is 593. The van der Waals surface area contributed by atoms with Crippen molar-refractivity contribution in [1.82, 2.24) is 0 Å². The average Bonchev–Trinajstić information content (AvgIpc) is 2.63. The first-order chi connectivity index (χ1) is 10.6. The molecule has 0 N–H and O–H groups in total. The summed E-state index contributed by atoms with van der Waals surface area (Å²) in [6, 6.07) is 3.35. The van der Waals surface area contributed by atoms with Gasteiger partial charge >= 0.3 is 7.12 Å². The molecule has 0 saturated carbocycles. The number of ether oxygens (including phenoxy) is 1. The highest BCUT2D eigenvalue weighted by Crippen LogP contribution is 2.37. The molecule has 0 spiro atoms. The Kier molecular flexibility index (Phi) is 4.93. The SMILES string of the molecule is COc1cc(/C=C/B2OC(C)(C)C(C)(C)O2)cc(F)c1C(C)C. The molecule has 23 heavy (non-hydrogen) atoms. The zero-order chi connectivity index (χ0) is 17.4. The van der Waals surface area contributed by atoms with Crippen LogP contribution in [0.15, 0.2) is 18.1 Å². The normalized spacial score (nSPS) is 19.8. The second-order valence-electron chi connectivity index (χ2n) is 7.26. The van der Waals surface area contributed by atoms with Gasteiger partial charge in [-0.15, -0.1) is 0 Å². The minimum absolute atomic E-state index is 0.0612. The number of benzene rings is 1. The van der Waals surface area contributed by atoms with E-state index in [0.717, 1.165) is 5.56 Å². The van der Waals surface area contributed by atoms with E-state index >= 15 is 0 Å². The lowest BCUT2D eigenvalue weighted by molar-refractivity contribution is 0.00578. The predicted octanol–water partition coefficient (Wildman–Crippen LogP) is 4.60. The predicted molar refractivity (Wildman–Crippen MR) is 92.2 cm³/mol. The molecule has 1 aliphatic rings. The molecule has 126 valence electrons. The third-order valence-electron chi connectivity index (χ3n) is 4.63. The van der Waals surface area contributed by atoms with E-state index in [1.165, 1.54) is 6.07 Å². The Morgan fingerprint density at radius 1 is 1.13 bits per heavy atom. The van der Waals surface area contributed by atoms with E-state index < -0.39 is 7.12 Å². The molecular weight excluding hydrogens is 294 g/mol. The summed E-state index contributed by atoms with van der Waals surface area (Å²) < 4.78 is 31.4. The molecule has 1 aromatic carbocycles. The number of methoxy groups -OCH3 is 1. The van der Waals surface area contributed by atoms with Crippen LogP contribution in [0, 0.1) is 5.82 Å². The maximum atomic E-state index is 14.3. The highest BCUT2D eigenvalue weighted by molar-refractivity contribution is 6.52. The first-order valence-corrected chi connectivity index (χ1v) is 7.98. The topological polar surface area (TPSA) is 27.7 Å². The maximum absolute atomic E-state index is 14.3. The third-order valence-corrected chi connectivity index (χ3v) is 4.63. The van der Waals surface area contributed by atoms with Crippen molar-refractivity contribution in [2.75, 3.05) is 7.11 Å². The van der Waals surface area contributed by atoms with E-state index in [4.69, 9.17) is 14.0 Å². The van der Waals surface area contributed by atoms with Crippen molar-refractivity contribution < 1.29 is 18.4 Å². The van der Waals surface area contributed by atoms with Gasteiger partial charge in [-0.25, -0.2) is 4.39 Å². The van der Waals surface area contributed by atoms with Crippen LogP contribution in [0.4, 0.5) is 4.39 Å². The molecule has 0 atom stereocenters. The van der Waals surface area contributed by atoms with E-state index in [9.17, 15) is 4.39 Å². The molecule has 0 unspecified atom stereocenters. The van der Waals surface area contributed by atoms with Crippen LogP contribution in [-0.2, 0) is 9.31 Å². The molecule has 1 fully saturated rings. The molecule has 0 aliphatic carbocycles. The van der Waals surface area contributed by atoms with E-state index in [0.29, 0.717) is 11.3 Å². The lowest BCUT2D eigenvalue weighted by Crippen LogP contribution is -2.41. The Labute approximate surface area is 139 Å². The van der Waals surface area contributed by atoms with E-state index in [2.05, 4.69) is 0 Å². The van der Waals surface area contributed by atoms with Crippen LogP contribution in [-0.4, -0.2) is 25.4 Å². The molecule has 5 heteroatoms. The van der Waals surface area contributed by atoms with Gasteiger partial charge < -0.3 is 14.0 Å². The van der Waals surface area contributed by atoms with Gasteiger partial charge in [0.1, 0.15) is 11.6 Å². The van der Waals surface area contributed by atoms with Crippen LogP contribution < -0.4 is 4.74 Å². The van der Waals surface area contributed by atoms with E-state index in [-0.39, 0.29) is 22.9 Å². The second-order valence-corrected chi connectivity index (χ2v) is 7.26. The van der Waals surface area contributed by atoms with Crippen molar-refractivity contribution in [3.05, 3.63) is 35.1 Å². The van der Waals surface area contributed by atoms with Crippen molar-refractivity contribution in [3.8, 4) is 5.75 Å². The Balaban J connectivity index is 2.23. The van der Waals surface area contributed by atoms with Crippen LogP contribution in [0.1, 0.15) is 58.6 Å². The van der Waals surface area contributed by atoms with Crippen molar-refractivity contribution in [2.45, 2.75) is 58.7 Å². The van der Waals surface area contributed by atoms with Crippen LogP contribution in [0.5, 0.6) is 5.75 Å². The smallest absolute Gasteiger partial charge is 0.487 e. The van der Waals surface area contributed by atoms with Gasteiger partial charge in [-0.05, 0) is 51.3 Å². The molecule has 0 radical (unpaired) electrons. The summed E-state index contributed by atoms with van der Waals surface area (Å²) in [6.45, 7) is 11.9. The fraction of sp³-hybridized carbons (Fsp3) is 0.556. The standard InChI is InChI=1S/C18H26BFO3/c1-12(2)16-14(20)10-13(11-15(16)21-7)8-9-19-22-17(3,4)18(5,6)23-19/h8-12H,1-7H3/b9-8+. The summed E-state index contributed by atoms with van der Waals surface area (Å²) >= 11 is 0. The van der Waals surface area contributed by atoms with Gasteiger partial charge in [-0.2, -0.15) is 0 Å². The highest BCUT2D eigenvalue weighted by Gasteiger charge is 2.49. The van der Waals surface area contributed by atoms with Gasteiger partial charge in [-0.3, -0.25) is 0 Å². The van der Waals surface area contributed by atoms with Crippen molar-refractivity contribution in [1.29, 1.82) is 0 Å². The molecule has 1 aliphatic heterocycles. The van der Waals surface area contributed by atoms with Crippen LogP contribution in [0.2, 0.25) is 0 Å². The minimum Gasteiger partial charge on any atom is -0.496 e. The van der Waals surface area contributed by atoms with E-state index in [1.807, 2.05) is 47.6 Å². The number of rotatable bonds is 4. The lowest BCUT2D eigenvalue weighted by atomic mass is 9.88. The number of hydrogen-bond acceptors (Lipinski definition) is 3.